The zero-order valence-electron chi connectivity index (χ0n) is 13.4. The number of nitrogens with one attached hydrogen (secondary N) is 1. The Bertz CT molecular complexity index is 800. The van der Waals surface area contributed by atoms with E-state index in [4.69, 9.17) is 0 Å². The molecule has 8 heteroatoms. The second-order valence-corrected chi connectivity index (χ2v) is 7.68. The van der Waals surface area contributed by atoms with Gasteiger partial charge < -0.3 is 9.47 Å². The number of likely N-dealkylation sites (tertiary alicyclic amines) is 1. The number of sulfonamides is 1. The first kappa shape index (κ1) is 16.7. The van der Waals surface area contributed by atoms with Gasteiger partial charge in [-0.15, -0.1) is 0 Å². The largest absolute Gasteiger partial charge is 0.337 e. The molecule has 24 heavy (non-hydrogen) atoms. The maximum absolute atomic E-state index is 12.7. The summed E-state index contributed by atoms with van der Waals surface area (Å²) in [5.74, 6) is -0.0757. The van der Waals surface area contributed by atoms with Crippen LogP contribution in [-0.4, -0.2) is 48.9 Å². The van der Waals surface area contributed by atoms with E-state index in [1.54, 1.807) is 24.7 Å². The zero-order valence-corrected chi connectivity index (χ0v) is 14.2. The standard InChI is InChI=1S/C16H20N4O3S/c1-17-24(22,23)15-6-4-13(5-7-15)16(21)19-9-2-3-14(11-19)20-10-8-18-12-20/h4-8,10,12,14,17H,2-3,9,11H2,1H3/t14-/m1/s1. The van der Waals surface area contributed by atoms with Gasteiger partial charge in [0.25, 0.3) is 5.91 Å². The number of amides is 1. The fourth-order valence-corrected chi connectivity index (χ4v) is 3.68. The topological polar surface area (TPSA) is 84.3 Å². The lowest BCUT2D eigenvalue weighted by molar-refractivity contribution is 0.0679. The van der Waals surface area contributed by atoms with Crippen molar-refractivity contribution in [1.29, 1.82) is 0 Å². The second-order valence-electron chi connectivity index (χ2n) is 5.79. The molecular formula is C16H20N4O3S. The first-order valence-electron chi connectivity index (χ1n) is 7.81. The number of benzene rings is 1. The number of carbonyl (C=O) groups is 1. The number of carbonyl (C=O) groups excluding carboxylic acids is 1. The summed E-state index contributed by atoms with van der Waals surface area (Å²) in [6.45, 7) is 1.34. The van der Waals surface area contributed by atoms with Crippen molar-refractivity contribution >= 4 is 15.9 Å². The Morgan fingerprint density at radius 1 is 1.29 bits per heavy atom. The van der Waals surface area contributed by atoms with Crippen molar-refractivity contribution in [3.05, 3.63) is 48.5 Å². The van der Waals surface area contributed by atoms with Crippen LogP contribution >= 0.6 is 0 Å². The summed E-state index contributed by atoms with van der Waals surface area (Å²) < 4.78 is 27.8. The van der Waals surface area contributed by atoms with Crippen molar-refractivity contribution < 1.29 is 13.2 Å². The molecule has 0 bridgehead atoms. The average molecular weight is 348 g/mol. The van der Waals surface area contributed by atoms with Crippen LogP contribution < -0.4 is 4.72 Å². The van der Waals surface area contributed by atoms with Gasteiger partial charge in [0, 0.05) is 31.0 Å². The van der Waals surface area contributed by atoms with Gasteiger partial charge in [0.15, 0.2) is 0 Å². The van der Waals surface area contributed by atoms with Gasteiger partial charge in [0.05, 0.1) is 17.3 Å². The Kier molecular flexibility index (Phi) is 4.68. The molecule has 1 aliphatic rings. The number of aromatic nitrogens is 2. The molecule has 1 atom stereocenters. The second kappa shape index (κ2) is 6.74. The maximum atomic E-state index is 12.7. The quantitative estimate of drug-likeness (QED) is 0.902. The highest BCUT2D eigenvalue weighted by atomic mass is 32.2. The third-order valence-corrected chi connectivity index (χ3v) is 5.74. The number of imidazole rings is 1. The van der Waals surface area contributed by atoms with Gasteiger partial charge in [-0.25, -0.2) is 18.1 Å². The van der Waals surface area contributed by atoms with Gasteiger partial charge in [-0.05, 0) is 44.2 Å². The van der Waals surface area contributed by atoms with Crippen LogP contribution in [0.15, 0.2) is 47.9 Å². The smallest absolute Gasteiger partial charge is 0.253 e. The van der Waals surface area contributed by atoms with Gasteiger partial charge >= 0.3 is 0 Å². The summed E-state index contributed by atoms with van der Waals surface area (Å²) in [7, 11) is -2.13. The van der Waals surface area contributed by atoms with Crippen molar-refractivity contribution in [2.45, 2.75) is 23.8 Å². The summed E-state index contributed by atoms with van der Waals surface area (Å²) in [5.41, 5.74) is 0.497. The van der Waals surface area contributed by atoms with E-state index in [1.165, 1.54) is 19.2 Å². The Labute approximate surface area is 141 Å². The summed E-state index contributed by atoms with van der Waals surface area (Å²) in [6.07, 6.45) is 7.37. The molecule has 1 aromatic heterocycles. The van der Waals surface area contributed by atoms with Crippen molar-refractivity contribution in [3.8, 4) is 0 Å². The van der Waals surface area contributed by atoms with Crippen LogP contribution in [0.2, 0.25) is 0 Å². The molecule has 1 aromatic carbocycles. The highest BCUT2D eigenvalue weighted by Gasteiger charge is 2.25. The molecule has 0 saturated carbocycles. The average Bonchev–Trinajstić information content (AvgIpc) is 3.16. The SMILES string of the molecule is CNS(=O)(=O)c1ccc(C(=O)N2CCC[C@@H](n3ccnc3)C2)cc1. The van der Waals surface area contributed by atoms with E-state index >= 15 is 0 Å². The van der Waals surface area contributed by atoms with Crippen LogP contribution in [0.3, 0.4) is 0 Å². The zero-order chi connectivity index (χ0) is 17.2. The highest BCUT2D eigenvalue weighted by molar-refractivity contribution is 7.89. The monoisotopic (exact) mass is 348 g/mol. The van der Waals surface area contributed by atoms with Crippen LogP contribution in [0.4, 0.5) is 0 Å². The molecule has 1 N–H and O–H groups in total. The number of hydrogen-bond donors (Lipinski definition) is 1. The number of rotatable bonds is 4. The summed E-state index contributed by atoms with van der Waals surface area (Å²) in [4.78, 5) is 18.7. The number of piperidine rings is 1. The molecule has 2 heterocycles. The van der Waals surface area contributed by atoms with E-state index in [9.17, 15) is 13.2 Å². The van der Waals surface area contributed by atoms with E-state index in [2.05, 4.69) is 9.71 Å². The van der Waals surface area contributed by atoms with Gasteiger partial charge in [-0.3, -0.25) is 4.79 Å². The predicted octanol–water partition coefficient (Wildman–Crippen LogP) is 1.27. The Morgan fingerprint density at radius 3 is 2.67 bits per heavy atom. The van der Waals surface area contributed by atoms with Gasteiger partial charge in [-0.1, -0.05) is 0 Å². The Hall–Kier alpha value is -2.19. The van der Waals surface area contributed by atoms with Crippen molar-refractivity contribution in [1.82, 2.24) is 19.2 Å². The van der Waals surface area contributed by atoms with Crippen LogP contribution in [0, 0.1) is 0 Å². The maximum Gasteiger partial charge on any atom is 0.253 e. The van der Waals surface area contributed by atoms with Crippen molar-refractivity contribution in [2.75, 3.05) is 20.1 Å². The highest BCUT2D eigenvalue weighted by Crippen LogP contribution is 2.23. The molecular weight excluding hydrogens is 328 g/mol. The minimum absolute atomic E-state index is 0.0757. The molecule has 128 valence electrons. The molecule has 2 aromatic rings. The molecule has 7 nitrogen and oxygen atoms in total. The lowest BCUT2D eigenvalue weighted by atomic mass is 10.0. The predicted molar refractivity (Wildman–Crippen MR) is 89.1 cm³/mol. The molecule has 0 unspecified atom stereocenters. The van der Waals surface area contributed by atoms with Crippen LogP contribution in [0.25, 0.3) is 0 Å². The molecule has 1 fully saturated rings. The van der Waals surface area contributed by atoms with E-state index in [-0.39, 0.29) is 16.8 Å². The van der Waals surface area contributed by atoms with Crippen molar-refractivity contribution in [2.24, 2.45) is 0 Å². The summed E-state index contributed by atoms with van der Waals surface area (Å²) in [5, 5.41) is 0. The minimum Gasteiger partial charge on any atom is -0.337 e. The van der Waals surface area contributed by atoms with E-state index in [0.717, 1.165) is 12.8 Å². The van der Waals surface area contributed by atoms with E-state index in [1.807, 2.05) is 15.7 Å². The molecule has 0 spiro atoms. The number of nitrogens with zero attached hydrogens (tertiary/aromatic N) is 3. The fourth-order valence-electron chi connectivity index (χ4n) is 2.95. The third kappa shape index (κ3) is 3.34. The van der Waals surface area contributed by atoms with E-state index in [0.29, 0.717) is 18.7 Å². The lowest BCUT2D eigenvalue weighted by Crippen LogP contribution is -2.40. The summed E-state index contributed by atoms with van der Waals surface area (Å²) in [6, 6.07) is 6.27. The van der Waals surface area contributed by atoms with Crippen LogP contribution in [0.1, 0.15) is 29.2 Å². The number of hydrogen-bond acceptors (Lipinski definition) is 4. The molecule has 1 saturated heterocycles. The van der Waals surface area contributed by atoms with E-state index < -0.39 is 10.0 Å². The lowest BCUT2D eigenvalue weighted by Gasteiger charge is -2.33. The van der Waals surface area contributed by atoms with Gasteiger partial charge in [0.2, 0.25) is 10.0 Å². The molecule has 3 rings (SSSR count). The molecule has 1 amide bonds. The first-order chi connectivity index (χ1) is 11.5. The van der Waals surface area contributed by atoms with Crippen LogP contribution in [-0.2, 0) is 10.0 Å². The van der Waals surface area contributed by atoms with Crippen LogP contribution in [0.5, 0.6) is 0 Å². The van der Waals surface area contributed by atoms with Crippen molar-refractivity contribution in [3.63, 3.8) is 0 Å². The summed E-state index contributed by atoms with van der Waals surface area (Å²) >= 11 is 0. The normalized spacial score (nSPS) is 18.5. The Morgan fingerprint density at radius 2 is 2.04 bits per heavy atom. The molecule has 1 aliphatic heterocycles. The van der Waals surface area contributed by atoms with Gasteiger partial charge in [-0.2, -0.15) is 0 Å². The first-order valence-corrected chi connectivity index (χ1v) is 9.30. The fraction of sp³-hybridized carbons (Fsp3) is 0.375. The molecule has 0 aliphatic carbocycles. The molecule has 0 radical (unpaired) electrons. The van der Waals surface area contributed by atoms with Gasteiger partial charge in [0.1, 0.15) is 0 Å². The Balaban J connectivity index is 1.74. The third-order valence-electron chi connectivity index (χ3n) is 4.31. The minimum atomic E-state index is -3.49.